The molecule has 0 fully saturated rings. The molecule has 0 atom stereocenters. The highest BCUT2D eigenvalue weighted by Gasteiger charge is 2.06. The molecule has 3 nitrogen and oxygen atoms in total. The number of rotatable bonds is 1. The van der Waals surface area contributed by atoms with Crippen LogP contribution in [0.25, 0.3) is 11.6 Å². The molecule has 0 unspecified atom stereocenters. The van der Waals surface area contributed by atoms with Crippen LogP contribution in [0.15, 0.2) is 29.1 Å². The van der Waals surface area contributed by atoms with Crippen LogP contribution in [0.2, 0.25) is 0 Å². The topological polar surface area (TPSA) is 38.9 Å². The van der Waals surface area contributed by atoms with Crippen LogP contribution in [-0.4, -0.2) is 9.97 Å². The van der Waals surface area contributed by atoms with E-state index in [2.05, 4.69) is 16.0 Å². The van der Waals surface area contributed by atoms with Crippen molar-refractivity contribution < 1.29 is 4.42 Å². The van der Waals surface area contributed by atoms with E-state index in [4.69, 9.17) is 4.42 Å². The summed E-state index contributed by atoms with van der Waals surface area (Å²) in [4.78, 5) is 8.31. The first kappa shape index (κ1) is 7.98. The molecule has 2 aromatic rings. The maximum absolute atomic E-state index is 5.17. The average Bonchev–Trinajstić information content (AvgIpc) is 2.56. The summed E-state index contributed by atoms with van der Waals surface area (Å²) in [7, 11) is 0. The molecule has 0 aliphatic rings. The van der Waals surface area contributed by atoms with Crippen molar-refractivity contribution in [1.29, 1.82) is 0 Å². The fourth-order valence-corrected chi connectivity index (χ4v) is 1.28. The van der Waals surface area contributed by atoms with Crippen LogP contribution in [-0.2, 0) is 0 Å². The van der Waals surface area contributed by atoms with Crippen LogP contribution >= 0.6 is 0 Å². The Morgan fingerprint density at radius 1 is 1.23 bits per heavy atom. The van der Waals surface area contributed by atoms with Gasteiger partial charge in [-0.15, -0.1) is 0 Å². The van der Waals surface area contributed by atoms with Gasteiger partial charge in [-0.1, -0.05) is 6.07 Å². The average molecular weight is 174 g/mol. The van der Waals surface area contributed by atoms with Gasteiger partial charge in [0.1, 0.15) is 12.0 Å². The molecule has 13 heavy (non-hydrogen) atoms. The largest absolute Gasteiger partial charge is 0.443 e. The fourth-order valence-electron chi connectivity index (χ4n) is 1.28. The summed E-state index contributed by atoms with van der Waals surface area (Å²) in [6.07, 6.45) is 4.99. The van der Waals surface area contributed by atoms with Crippen LogP contribution in [0, 0.1) is 13.8 Å². The van der Waals surface area contributed by atoms with Crippen molar-refractivity contribution in [3.05, 3.63) is 35.9 Å². The predicted molar refractivity (Wildman–Crippen MR) is 49.2 cm³/mol. The van der Waals surface area contributed by atoms with E-state index in [0.717, 1.165) is 16.8 Å². The normalized spacial score (nSPS) is 10.3. The van der Waals surface area contributed by atoms with Gasteiger partial charge in [-0.2, -0.15) is 0 Å². The Labute approximate surface area is 76.5 Å². The molecule has 0 radical (unpaired) electrons. The highest BCUT2D eigenvalue weighted by molar-refractivity contribution is 5.52. The summed E-state index contributed by atoms with van der Waals surface area (Å²) in [6.45, 7) is 4.01. The number of aryl methyl sites for hydroxylation is 2. The fraction of sp³-hybridized carbons (Fsp3) is 0.200. The van der Waals surface area contributed by atoms with Gasteiger partial charge in [-0.3, -0.25) is 4.98 Å². The first-order valence-electron chi connectivity index (χ1n) is 4.10. The first-order valence-corrected chi connectivity index (χ1v) is 4.10. The van der Waals surface area contributed by atoms with Crippen molar-refractivity contribution in [3.63, 3.8) is 0 Å². The lowest BCUT2D eigenvalue weighted by atomic mass is 10.2. The van der Waals surface area contributed by atoms with Crippen LogP contribution < -0.4 is 0 Å². The second-order valence-electron chi connectivity index (χ2n) is 3.02. The van der Waals surface area contributed by atoms with Gasteiger partial charge in [0.25, 0.3) is 0 Å². The molecule has 0 N–H and O–H groups in total. The van der Waals surface area contributed by atoms with E-state index in [1.165, 1.54) is 0 Å². The summed E-state index contributed by atoms with van der Waals surface area (Å²) in [5.74, 6) is 0.581. The quantitative estimate of drug-likeness (QED) is 0.666. The highest BCUT2D eigenvalue weighted by Crippen LogP contribution is 2.18. The molecule has 0 saturated carbocycles. The number of nitrogens with zero attached hydrogens (tertiary/aromatic N) is 2. The third-order valence-corrected chi connectivity index (χ3v) is 1.85. The molecule has 0 aliphatic carbocycles. The SMILES string of the molecule is Cc1cnc(-c2ncco2)c(C)c1. The first-order chi connectivity index (χ1) is 6.27. The van der Waals surface area contributed by atoms with E-state index in [0.29, 0.717) is 5.89 Å². The van der Waals surface area contributed by atoms with Gasteiger partial charge in [0, 0.05) is 6.20 Å². The van der Waals surface area contributed by atoms with Gasteiger partial charge >= 0.3 is 0 Å². The molecule has 2 heterocycles. The highest BCUT2D eigenvalue weighted by atomic mass is 16.3. The minimum Gasteiger partial charge on any atom is -0.443 e. The van der Waals surface area contributed by atoms with Crippen molar-refractivity contribution in [2.45, 2.75) is 13.8 Å². The van der Waals surface area contributed by atoms with E-state index >= 15 is 0 Å². The molecule has 0 spiro atoms. The zero-order chi connectivity index (χ0) is 9.26. The number of aromatic nitrogens is 2. The maximum Gasteiger partial charge on any atom is 0.245 e. The zero-order valence-electron chi connectivity index (χ0n) is 7.61. The maximum atomic E-state index is 5.17. The van der Waals surface area contributed by atoms with Crippen molar-refractivity contribution in [3.8, 4) is 11.6 Å². The Hall–Kier alpha value is -1.64. The van der Waals surface area contributed by atoms with Gasteiger partial charge in [0.05, 0.1) is 6.20 Å². The standard InChI is InChI=1S/C10H10N2O/c1-7-5-8(2)9(12-6-7)10-11-3-4-13-10/h3-6H,1-2H3. The van der Waals surface area contributed by atoms with Crippen LogP contribution in [0.4, 0.5) is 0 Å². The van der Waals surface area contributed by atoms with E-state index in [-0.39, 0.29) is 0 Å². The Bertz CT molecular complexity index is 407. The molecule has 3 heteroatoms. The summed E-state index contributed by atoms with van der Waals surface area (Å²) >= 11 is 0. The molecular formula is C10H10N2O. The Balaban J connectivity index is 2.53. The Kier molecular flexibility index (Phi) is 1.85. The summed E-state index contributed by atoms with van der Waals surface area (Å²) in [5, 5.41) is 0. The van der Waals surface area contributed by atoms with Gasteiger partial charge in [0.2, 0.25) is 5.89 Å². The molecule has 0 aromatic carbocycles. The molecule has 0 aliphatic heterocycles. The lowest BCUT2D eigenvalue weighted by Crippen LogP contribution is -1.89. The van der Waals surface area contributed by atoms with E-state index in [1.807, 2.05) is 20.0 Å². The van der Waals surface area contributed by atoms with Crippen molar-refractivity contribution in [1.82, 2.24) is 9.97 Å². The van der Waals surface area contributed by atoms with Gasteiger partial charge < -0.3 is 4.42 Å². The van der Waals surface area contributed by atoms with Gasteiger partial charge in [-0.05, 0) is 25.0 Å². The molecule has 0 amide bonds. The second kappa shape index (κ2) is 3.01. The molecular weight excluding hydrogens is 164 g/mol. The van der Waals surface area contributed by atoms with E-state index < -0.39 is 0 Å². The molecule has 2 rings (SSSR count). The zero-order valence-corrected chi connectivity index (χ0v) is 7.61. The molecule has 2 aromatic heterocycles. The lowest BCUT2D eigenvalue weighted by molar-refractivity contribution is 0.571. The van der Waals surface area contributed by atoms with Crippen molar-refractivity contribution in [2.75, 3.05) is 0 Å². The second-order valence-corrected chi connectivity index (χ2v) is 3.02. The number of oxazole rings is 1. The van der Waals surface area contributed by atoms with Crippen LogP contribution in [0.5, 0.6) is 0 Å². The predicted octanol–water partition coefficient (Wildman–Crippen LogP) is 2.35. The van der Waals surface area contributed by atoms with Gasteiger partial charge in [0.15, 0.2) is 0 Å². The summed E-state index contributed by atoms with van der Waals surface area (Å²) in [6, 6.07) is 2.06. The molecule has 0 bridgehead atoms. The summed E-state index contributed by atoms with van der Waals surface area (Å²) < 4.78 is 5.17. The minimum atomic E-state index is 0.581. The monoisotopic (exact) mass is 174 g/mol. The minimum absolute atomic E-state index is 0.581. The Morgan fingerprint density at radius 3 is 2.69 bits per heavy atom. The number of hydrogen-bond acceptors (Lipinski definition) is 3. The smallest absolute Gasteiger partial charge is 0.245 e. The van der Waals surface area contributed by atoms with E-state index in [1.54, 1.807) is 12.5 Å². The van der Waals surface area contributed by atoms with Crippen LogP contribution in [0.3, 0.4) is 0 Å². The number of hydrogen-bond donors (Lipinski definition) is 0. The molecule has 66 valence electrons. The third kappa shape index (κ3) is 1.45. The molecule has 0 saturated heterocycles. The third-order valence-electron chi connectivity index (χ3n) is 1.85. The van der Waals surface area contributed by atoms with E-state index in [9.17, 15) is 0 Å². The summed E-state index contributed by atoms with van der Waals surface area (Å²) in [5.41, 5.74) is 3.05. The van der Waals surface area contributed by atoms with Crippen molar-refractivity contribution >= 4 is 0 Å². The van der Waals surface area contributed by atoms with Gasteiger partial charge in [-0.25, -0.2) is 4.98 Å². The lowest BCUT2D eigenvalue weighted by Gasteiger charge is -2.00. The van der Waals surface area contributed by atoms with Crippen LogP contribution in [0.1, 0.15) is 11.1 Å². The van der Waals surface area contributed by atoms with Crippen molar-refractivity contribution in [2.24, 2.45) is 0 Å². The number of pyridine rings is 1. The Morgan fingerprint density at radius 2 is 2.08 bits per heavy atom.